The summed E-state index contributed by atoms with van der Waals surface area (Å²) in [6.07, 6.45) is 1.87. The van der Waals surface area contributed by atoms with Gasteiger partial charge in [-0.1, -0.05) is 12.1 Å². The first-order chi connectivity index (χ1) is 13.4. The number of carbonyl (C=O) groups excluding carboxylic acids is 1. The lowest BCUT2D eigenvalue weighted by Gasteiger charge is -2.26. The maximum atomic E-state index is 13.3. The second-order valence-corrected chi connectivity index (χ2v) is 7.58. The van der Waals surface area contributed by atoms with Crippen molar-refractivity contribution in [2.45, 2.75) is 26.1 Å². The number of aryl methyl sites for hydroxylation is 1. The van der Waals surface area contributed by atoms with Crippen molar-refractivity contribution in [2.24, 2.45) is 4.99 Å². The van der Waals surface area contributed by atoms with Crippen LogP contribution in [-0.4, -0.2) is 24.6 Å². The van der Waals surface area contributed by atoms with E-state index in [9.17, 15) is 9.18 Å². The number of amides is 1. The highest BCUT2D eigenvalue weighted by atomic mass is 32.2. The summed E-state index contributed by atoms with van der Waals surface area (Å²) in [4.78, 5) is 18.6. The van der Waals surface area contributed by atoms with Crippen LogP contribution in [0.3, 0.4) is 0 Å². The lowest BCUT2D eigenvalue weighted by atomic mass is 10.1. The Hall–Kier alpha value is -2.60. The summed E-state index contributed by atoms with van der Waals surface area (Å²) in [5.41, 5.74) is 3.54. The molecule has 0 aromatic heterocycles. The number of aliphatic imine (C=N–C) groups is 1. The van der Waals surface area contributed by atoms with Crippen molar-refractivity contribution in [1.29, 1.82) is 0 Å². The molecule has 0 spiro atoms. The molecule has 1 fully saturated rings. The molecule has 0 radical (unpaired) electrons. The average Bonchev–Trinajstić information content (AvgIpc) is 3.07. The van der Waals surface area contributed by atoms with E-state index >= 15 is 0 Å². The summed E-state index contributed by atoms with van der Waals surface area (Å²) in [6.45, 7) is 5.75. The Balaban J connectivity index is 1.93. The van der Waals surface area contributed by atoms with Crippen LogP contribution in [0.1, 0.15) is 35.9 Å². The van der Waals surface area contributed by atoms with Crippen molar-refractivity contribution in [3.8, 4) is 0 Å². The fraction of sp³-hybridized carbons (Fsp3) is 0.273. The lowest BCUT2D eigenvalue weighted by molar-refractivity contribution is -0.115. The van der Waals surface area contributed by atoms with Gasteiger partial charge in [0.15, 0.2) is 0 Å². The number of halogens is 1. The Morgan fingerprint density at radius 2 is 2.00 bits per heavy atom. The van der Waals surface area contributed by atoms with Crippen LogP contribution < -0.4 is 4.90 Å². The van der Waals surface area contributed by atoms with Gasteiger partial charge in [-0.15, -0.1) is 11.8 Å². The molecule has 1 unspecified atom stereocenters. The molecule has 1 aliphatic heterocycles. The SMILES string of the molecule is C/C=C(/C)OC(=NC)c1ccc(N2C(=O)CSC2c2ccc(F)cc2)c(C)c1. The normalized spacial score (nSPS) is 18.0. The first-order valence-electron chi connectivity index (χ1n) is 9.02. The highest BCUT2D eigenvalue weighted by Crippen LogP contribution is 2.42. The number of carbonyl (C=O) groups is 1. The van der Waals surface area contributed by atoms with Crippen molar-refractivity contribution >= 4 is 29.3 Å². The maximum Gasteiger partial charge on any atom is 0.238 e. The van der Waals surface area contributed by atoms with E-state index in [-0.39, 0.29) is 17.1 Å². The number of hydrogen-bond acceptors (Lipinski definition) is 4. The Morgan fingerprint density at radius 3 is 2.61 bits per heavy atom. The maximum absolute atomic E-state index is 13.3. The Kier molecular flexibility index (Phi) is 6.19. The van der Waals surface area contributed by atoms with Crippen LogP contribution in [0.15, 0.2) is 59.3 Å². The zero-order valence-corrected chi connectivity index (χ0v) is 17.2. The van der Waals surface area contributed by atoms with E-state index in [4.69, 9.17) is 4.74 Å². The number of allylic oxidation sites excluding steroid dienone is 2. The minimum Gasteiger partial charge on any atom is -0.444 e. The van der Waals surface area contributed by atoms with Crippen molar-refractivity contribution in [3.05, 3.63) is 76.8 Å². The first-order valence-corrected chi connectivity index (χ1v) is 10.1. The summed E-state index contributed by atoms with van der Waals surface area (Å²) in [5.74, 6) is 1.45. The quantitative estimate of drug-likeness (QED) is 0.402. The van der Waals surface area contributed by atoms with Crippen LogP contribution in [0.5, 0.6) is 0 Å². The molecule has 0 aliphatic carbocycles. The zero-order chi connectivity index (χ0) is 20.3. The molecule has 1 heterocycles. The summed E-state index contributed by atoms with van der Waals surface area (Å²) >= 11 is 1.55. The fourth-order valence-corrected chi connectivity index (χ4v) is 4.23. The number of rotatable bonds is 4. The molecule has 3 rings (SSSR count). The molecule has 1 atom stereocenters. The predicted molar refractivity (Wildman–Crippen MR) is 113 cm³/mol. The summed E-state index contributed by atoms with van der Waals surface area (Å²) in [6, 6.07) is 12.1. The van der Waals surface area contributed by atoms with E-state index in [0.717, 1.165) is 28.1 Å². The molecule has 0 N–H and O–H groups in total. The fourth-order valence-electron chi connectivity index (χ4n) is 3.06. The van der Waals surface area contributed by atoms with Crippen LogP contribution in [0.2, 0.25) is 0 Å². The van der Waals surface area contributed by atoms with Crippen LogP contribution in [0.4, 0.5) is 10.1 Å². The van der Waals surface area contributed by atoms with Crippen LogP contribution in [-0.2, 0) is 9.53 Å². The number of benzene rings is 2. The minimum absolute atomic E-state index is 0.0422. The van der Waals surface area contributed by atoms with Crippen LogP contribution >= 0.6 is 11.8 Å². The second-order valence-electron chi connectivity index (χ2n) is 6.51. The Labute approximate surface area is 169 Å². The highest BCUT2D eigenvalue weighted by Gasteiger charge is 2.34. The van der Waals surface area contributed by atoms with Gasteiger partial charge in [-0.25, -0.2) is 4.39 Å². The van der Waals surface area contributed by atoms with Gasteiger partial charge in [-0.3, -0.25) is 14.7 Å². The lowest BCUT2D eigenvalue weighted by Crippen LogP contribution is -2.28. The molecule has 28 heavy (non-hydrogen) atoms. The molecule has 2 aromatic carbocycles. The van der Waals surface area contributed by atoms with Gasteiger partial charge in [0.25, 0.3) is 0 Å². The van der Waals surface area contributed by atoms with Crippen molar-refractivity contribution in [1.82, 2.24) is 0 Å². The number of ether oxygens (including phenoxy) is 1. The average molecular weight is 399 g/mol. The Morgan fingerprint density at radius 1 is 1.29 bits per heavy atom. The first kappa shape index (κ1) is 20.1. The van der Waals surface area contributed by atoms with Gasteiger partial charge < -0.3 is 4.74 Å². The summed E-state index contributed by atoms with van der Waals surface area (Å²) in [7, 11) is 1.69. The number of hydrogen-bond donors (Lipinski definition) is 0. The van der Waals surface area contributed by atoms with Crippen LogP contribution in [0.25, 0.3) is 0 Å². The van der Waals surface area contributed by atoms with Gasteiger partial charge in [0, 0.05) is 18.3 Å². The predicted octanol–water partition coefficient (Wildman–Crippen LogP) is 5.23. The van der Waals surface area contributed by atoms with E-state index in [2.05, 4.69) is 4.99 Å². The molecular formula is C22H23FN2O2S. The smallest absolute Gasteiger partial charge is 0.238 e. The summed E-state index contributed by atoms with van der Waals surface area (Å²) < 4.78 is 19.1. The third-order valence-electron chi connectivity index (χ3n) is 4.59. The standard InChI is InChI=1S/C22H23FN2O2S/c1-5-15(3)27-21(24-4)17-8-11-19(14(2)12-17)25-20(26)13-28-22(25)16-6-9-18(23)10-7-16/h5-12,22H,13H2,1-4H3/b15-5-,24-21?. The van der Waals surface area contributed by atoms with Crippen LogP contribution in [0, 0.1) is 12.7 Å². The van der Waals surface area contributed by atoms with E-state index < -0.39 is 0 Å². The zero-order valence-electron chi connectivity index (χ0n) is 16.4. The molecule has 0 saturated carbocycles. The van der Waals surface area contributed by atoms with Crippen molar-refractivity contribution in [3.63, 3.8) is 0 Å². The number of nitrogens with zero attached hydrogens (tertiary/aromatic N) is 2. The van der Waals surface area contributed by atoms with Gasteiger partial charge in [0.2, 0.25) is 11.8 Å². The van der Waals surface area contributed by atoms with Crippen molar-refractivity contribution in [2.75, 3.05) is 17.7 Å². The molecule has 146 valence electrons. The molecule has 1 aliphatic rings. The van der Waals surface area contributed by atoms with E-state index in [1.54, 1.807) is 35.8 Å². The van der Waals surface area contributed by atoms with Gasteiger partial charge in [0.1, 0.15) is 11.2 Å². The van der Waals surface area contributed by atoms with E-state index in [1.165, 1.54) is 12.1 Å². The van der Waals surface area contributed by atoms with E-state index in [1.807, 2.05) is 45.0 Å². The van der Waals surface area contributed by atoms with Crippen molar-refractivity contribution < 1.29 is 13.9 Å². The molecule has 1 saturated heterocycles. The number of thioether (sulfide) groups is 1. The topological polar surface area (TPSA) is 41.9 Å². The minimum atomic E-state index is -0.284. The molecule has 4 nitrogen and oxygen atoms in total. The molecule has 1 amide bonds. The highest BCUT2D eigenvalue weighted by molar-refractivity contribution is 8.00. The number of anilines is 1. The third kappa shape index (κ3) is 4.12. The van der Waals surface area contributed by atoms with Gasteiger partial charge in [-0.05, 0) is 68.3 Å². The summed E-state index contributed by atoms with van der Waals surface area (Å²) in [5, 5.41) is -0.168. The van der Waals surface area contributed by atoms with Gasteiger partial charge in [0.05, 0.1) is 11.5 Å². The molecular weight excluding hydrogens is 375 g/mol. The largest absolute Gasteiger partial charge is 0.444 e. The van der Waals surface area contributed by atoms with Gasteiger partial charge in [-0.2, -0.15) is 0 Å². The van der Waals surface area contributed by atoms with Gasteiger partial charge >= 0.3 is 0 Å². The Bertz CT molecular complexity index is 938. The second kappa shape index (κ2) is 8.61. The van der Waals surface area contributed by atoms with E-state index in [0.29, 0.717) is 11.7 Å². The molecule has 2 aromatic rings. The molecule has 0 bridgehead atoms. The molecule has 6 heteroatoms. The third-order valence-corrected chi connectivity index (χ3v) is 5.81. The monoisotopic (exact) mass is 398 g/mol.